The van der Waals surface area contributed by atoms with Crippen molar-refractivity contribution in [3.05, 3.63) is 52.3 Å². The van der Waals surface area contributed by atoms with Gasteiger partial charge in [-0.3, -0.25) is 4.79 Å². The molecule has 0 saturated carbocycles. The van der Waals surface area contributed by atoms with E-state index in [9.17, 15) is 14.4 Å². The number of hydrogen-bond donors (Lipinski definition) is 0. The Bertz CT molecular complexity index is 800. The first-order chi connectivity index (χ1) is 12.0. The number of carbonyl (C=O) groups excluding carboxylic acids is 3. The van der Waals surface area contributed by atoms with Gasteiger partial charge in [0.25, 0.3) is 0 Å². The van der Waals surface area contributed by atoms with Gasteiger partial charge in [-0.15, -0.1) is 0 Å². The van der Waals surface area contributed by atoms with E-state index in [2.05, 4.69) is 5.10 Å². The third-order valence-corrected chi connectivity index (χ3v) is 3.55. The number of benzene rings is 1. The van der Waals surface area contributed by atoms with Crippen LogP contribution in [0.5, 0.6) is 0 Å². The van der Waals surface area contributed by atoms with Crippen molar-refractivity contribution < 1.29 is 23.9 Å². The molecule has 0 aliphatic heterocycles. The molecule has 8 heteroatoms. The van der Waals surface area contributed by atoms with E-state index in [1.807, 2.05) is 0 Å². The zero-order valence-electron chi connectivity index (χ0n) is 13.8. The van der Waals surface area contributed by atoms with E-state index in [1.54, 1.807) is 38.1 Å². The molecular weight excluding hydrogens is 348 g/mol. The van der Waals surface area contributed by atoms with Crippen LogP contribution in [0.1, 0.15) is 45.2 Å². The van der Waals surface area contributed by atoms with Crippen molar-refractivity contribution >= 4 is 29.3 Å². The highest BCUT2D eigenvalue weighted by Crippen LogP contribution is 2.17. The number of rotatable bonds is 7. The lowest BCUT2D eigenvalue weighted by atomic mass is 10.1. The molecule has 0 unspecified atom stereocenters. The SMILES string of the molecule is CCOC(=O)c1cc(C(=O)OCC)n(CC(=O)c2ccccc2Cl)n1. The second kappa shape index (κ2) is 8.43. The molecule has 0 atom stereocenters. The highest BCUT2D eigenvalue weighted by molar-refractivity contribution is 6.33. The van der Waals surface area contributed by atoms with E-state index in [1.165, 1.54) is 6.07 Å². The summed E-state index contributed by atoms with van der Waals surface area (Å²) in [5.41, 5.74) is 0.217. The molecule has 0 bridgehead atoms. The van der Waals surface area contributed by atoms with Gasteiger partial charge in [-0.2, -0.15) is 5.10 Å². The van der Waals surface area contributed by atoms with Gasteiger partial charge in [0.2, 0.25) is 0 Å². The van der Waals surface area contributed by atoms with Gasteiger partial charge in [0.1, 0.15) is 12.2 Å². The molecule has 1 aromatic carbocycles. The van der Waals surface area contributed by atoms with Crippen molar-refractivity contribution in [2.24, 2.45) is 0 Å². The van der Waals surface area contributed by atoms with Crippen LogP contribution < -0.4 is 0 Å². The third-order valence-electron chi connectivity index (χ3n) is 3.22. The zero-order valence-corrected chi connectivity index (χ0v) is 14.6. The summed E-state index contributed by atoms with van der Waals surface area (Å²) in [6.07, 6.45) is 0. The minimum absolute atomic E-state index is 0.00898. The van der Waals surface area contributed by atoms with E-state index in [4.69, 9.17) is 21.1 Å². The first kappa shape index (κ1) is 18.7. The average Bonchev–Trinajstić information content (AvgIpc) is 2.99. The summed E-state index contributed by atoms with van der Waals surface area (Å²) in [5, 5.41) is 4.30. The quantitative estimate of drug-likeness (QED) is 0.554. The van der Waals surface area contributed by atoms with Crippen molar-refractivity contribution in [2.45, 2.75) is 20.4 Å². The molecule has 0 aliphatic carbocycles. The standard InChI is InChI=1S/C17H17ClN2O5/c1-3-24-16(22)13-9-14(17(23)25-4-2)20(19-13)10-15(21)11-7-5-6-8-12(11)18/h5-9H,3-4,10H2,1-2H3. The summed E-state index contributed by atoms with van der Waals surface area (Å²) in [7, 11) is 0. The second-order valence-electron chi connectivity index (χ2n) is 4.92. The van der Waals surface area contributed by atoms with Crippen LogP contribution in [-0.2, 0) is 16.0 Å². The van der Waals surface area contributed by atoms with Gasteiger partial charge in [-0.25, -0.2) is 14.3 Å². The van der Waals surface area contributed by atoms with Crippen LogP contribution in [-0.4, -0.2) is 40.7 Å². The molecule has 0 radical (unpaired) electrons. The number of aromatic nitrogens is 2. The molecule has 0 fully saturated rings. The highest BCUT2D eigenvalue weighted by Gasteiger charge is 2.23. The first-order valence-corrected chi connectivity index (χ1v) is 8.05. The molecule has 25 heavy (non-hydrogen) atoms. The summed E-state index contributed by atoms with van der Waals surface area (Å²) in [4.78, 5) is 36.4. The highest BCUT2D eigenvalue weighted by atomic mass is 35.5. The molecule has 0 saturated heterocycles. The van der Waals surface area contributed by atoms with Crippen LogP contribution in [0.15, 0.2) is 30.3 Å². The normalized spacial score (nSPS) is 10.4. The number of nitrogens with zero attached hydrogens (tertiary/aromatic N) is 2. The van der Waals surface area contributed by atoms with E-state index in [-0.39, 0.29) is 36.9 Å². The predicted molar refractivity (Wildman–Crippen MR) is 89.9 cm³/mol. The third kappa shape index (κ3) is 4.45. The van der Waals surface area contributed by atoms with Crippen LogP contribution in [0.3, 0.4) is 0 Å². The lowest BCUT2D eigenvalue weighted by molar-refractivity contribution is 0.0505. The Morgan fingerprint density at radius 3 is 2.36 bits per heavy atom. The van der Waals surface area contributed by atoms with Gasteiger partial charge in [0.05, 0.1) is 18.2 Å². The molecule has 1 aromatic heterocycles. The van der Waals surface area contributed by atoms with Gasteiger partial charge < -0.3 is 9.47 Å². The molecule has 0 aliphatic rings. The number of esters is 2. The number of halogens is 1. The molecule has 0 amide bonds. The number of carbonyl (C=O) groups is 3. The maximum atomic E-state index is 12.5. The van der Waals surface area contributed by atoms with Gasteiger partial charge in [0.15, 0.2) is 11.5 Å². The smallest absolute Gasteiger partial charge is 0.358 e. The molecule has 0 spiro atoms. The van der Waals surface area contributed by atoms with Crippen LogP contribution in [0.2, 0.25) is 5.02 Å². The Balaban J connectivity index is 2.34. The molecule has 0 N–H and O–H groups in total. The van der Waals surface area contributed by atoms with Crippen molar-refractivity contribution in [1.29, 1.82) is 0 Å². The topological polar surface area (TPSA) is 87.5 Å². The van der Waals surface area contributed by atoms with Crippen LogP contribution in [0, 0.1) is 0 Å². The summed E-state index contributed by atoms with van der Waals surface area (Å²) in [6, 6.07) is 7.79. The van der Waals surface area contributed by atoms with Gasteiger partial charge in [0, 0.05) is 11.6 Å². The molecule has 2 rings (SSSR count). The van der Waals surface area contributed by atoms with Crippen LogP contribution in [0.25, 0.3) is 0 Å². The first-order valence-electron chi connectivity index (χ1n) is 7.67. The Labute approximate surface area is 149 Å². The fraction of sp³-hybridized carbons (Fsp3) is 0.294. The van der Waals surface area contributed by atoms with Crippen LogP contribution >= 0.6 is 11.6 Å². The number of hydrogen-bond acceptors (Lipinski definition) is 6. The summed E-state index contributed by atoms with van der Waals surface area (Å²) >= 11 is 6.02. The maximum absolute atomic E-state index is 12.5. The Hall–Kier alpha value is -2.67. The van der Waals surface area contributed by atoms with Crippen LogP contribution in [0.4, 0.5) is 0 Å². The molecule has 2 aromatic rings. The average molecular weight is 365 g/mol. The fourth-order valence-corrected chi connectivity index (χ4v) is 2.36. The van der Waals surface area contributed by atoms with E-state index in [0.29, 0.717) is 10.6 Å². The molecule has 132 valence electrons. The Kier molecular flexibility index (Phi) is 6.30. The van der Waals surface area contributed by atoms with Crippen molar-refractivity contribution in [1.82, 2.24) is 9.78 Å². The van der Waals surface area contributed by atoms with Gasteiger partial charge >= 0.3 is 11.9 Å². The lowest BCUT2D eigenvalue weighted by Gasteiger charge is -2.07. The lowest BCUT2D eigenvalue weighted by Crippen LogP contribution is -2.18. The van der Waals surface area contributed by atoms with Crippen molar-refractivity contribution in [3.63, 3.8) is 0 Å². The summed E-state index contributed by atoms with van der Waals surface area (Å²) in [5.74, 6) is -1.72. The van der Waals surface area contributed by atoms with Gasteiger partial charge in [-0.05, 0) is 26.0 Å². The zero-order chi connectivity index (χ0) is 18.4. The second-order valence-corrected chi connectivity index (χ2v) is 5.32. The molecular formula is C17H17ClN2O5. The number of ether oxygens (including phenoxy) is 2. The minimum Gasteiger partial charge on any atom is -0.461 e. The number of ketones is 1. The number of Topliss-reactive ketones (excluding diaryl/α,β-unsaturated/α-hetero) is 1. The van der Waals surface area contributed by atoms with E-state index >= 15 is 0 Å². The monoisotopic (exact) mass is 364 g/mol. The van der Waals surface area contributed by atoms with E-state index < -0.39 is 11.9 Å². The van der Waals surface area contributed by atoms with Gasteiger partial charge in [-0.1, -0.05) is 23.7 Å². The van der Waals surface area contributed by atoms with Crippen molar-refractivity contribution in [2.75, 3.05) is 13.2 Å². The largest absolute Gasteiger partial charge is 0.461 e. The Morgan fingerprint density at radius 2 is 1.72 bits per heavy atom. The summed E-state index contributed by atoms with van der Waals surface area (Å²) < 4.78 is 10.9. The molecule has 1 heterocycles. The predicted octanol–water partition coefficient (Wildman–Crippen LogP) is 2.77. The van der Waals surface area contributed by atoms with Crippen molar-refractivity contribution in [3.8, 4) is 0 Å². The minimum atomic E-state index is -0.683. The fourth-order valence-electron chi connectivity index (χ4n) is 2.12. The van der Waals surface area contributed by atoms with E-state index in [0.717, 1.165) is 4.68 Å². The Morgan fingerprint density at radius 1 is 1.08 bits per heavy atom. The maximum Gasteiger partial charge on any atom is 0.358 e. The summed E-state index contributed by atoms with van der Waals surface area (Å²) in [6.45, 7) is 3.36. The molecule has 7 nitrogen and oxygen atoms in total.